The number of rotatable bonds is 7. The van der Waals surface area contributed by atoms with Crippen molar-refractivity contribution in [3.8, 4) is 17.2 Å². The standard InChI is InChI=1S/C18H22N2O3/c1-13(14-9-10-17(22-3)18(11-14)23-4)20-19-12-15-7-5-6-8-16(15)21-2/h5-11,19H,12H2,1-4H3/b20-13+. The third-order valence-electron chi connectivity index (χ3n) is 3.51. The normalized spacial score (nSPS) is 11.0. The molecule has 0 aliphatic heterocycles. The van der Waals surface area contributed by atoms with Crippen LogP contribution in [0.1, 0.15) is 18.1 Å². The first kappa shape index (κ1) is 16.7. The fourth-order valence-electron chi connectivity index (χ4n) is 2.22. The van der Waals surface area contributed by atoms with E-state index in [4.69, 9.17) is 14.2 Å². The first-order valence-electron chi connectivity index (χ1n) is 7.31. The van der Waals surface area contributed by atoms with Crippen LogP contribution in [-0.2, 0) is 6.54 Å². The molecule has 0 fully saturated rings. The zero-order valence-corrected chi connectivity index (χ0v) is 13.9. The summed E-state index contributed by atoms with van der Waals surface area (Å²) in [6, 6.07) is 13.6. The molecule has 0 saturated carbocycles. The van der Waals surface area contributed by atoms with Crippen molar-refractivity contribution < 1.29 is 14.2 Å². The van der Waals surface area contributed by atoms with Crippen molar-refractivity contribution in [3.63, 3.8) is 0 Å². The Bertz CT molecular complexity index is 684. The molecule has 0 heterocycles. The quantitative estimate of drug-likeness (QED) is 0.630. The van der Waals surface area contributed by atoms with Gasteiger partial charge < -0.3 is 19.6 Å². The third-order valence-corrected chi connectivity index (χ3v) is 3.51. The molecule has 0 amide bonds. The highest BCUT2D eigenvalue weighted by Gasteiger charge is 2.06. The lowest BCUT2D eigenvalue weighted by Crippen LogP contribution is -2.10. The molecule has 0 radical (unpaired) electrons. The number of para-hydroxylation sites is 1. The molecule has 0 aliphatic carbocycles. The molecule has 122 valence electrons. The summed E-state index contributed by atoms with van der Waals surface area (Å²) in [6.07, 6.45) is 0. The van der Waals surface area contributed by atoms with Gasteiger partial charge >= 0.3 is 0 Å². The van der Waals surface area contributed by atoms with E-state index in [1.54, 1.807) is 21.3 Å². The zero-order valence-electron chi connectivity index (χ0n) is 13.9. The largest absolute Gasteiger partial charge is 0.496 e. The minimum atomic E-state index is 0.592. The lowest BCUT2D eigenvalue weighted by molar-refractivity contribution is 0.355. The van der Waals surface area contributed by atoms with Gasteiger partial charge in [0.05, 0.1) is 33.6 Å². The molecule has 0 aromatic heterocycles. The minimum absolute atomic E-state index is 0.592. The molecule has 2 rings (SSSR count). The van der Waals surface area contributed by atoms with Gasteiger partial charge in [-0.1, -0.05) is 18.2 Å². The molecule has 5 nitrogen and oxygen atoms in total. The smallest absolute Gasteiger partial charge is 0.161 e. The fourth-order valence-corrected chi connectivity index (χ4v) is 2.22. The summed E-state index contributed by atoms with van der Waals surface area (Å²) in [7, 11) is 4.90. The van der Waals surface area contributed by atoms with Crippen LogP contribution >= 0.6 is 0 Å². The highest BCUT2D eigenvalue weighted by atomic mass is 16.5. The summed E-state index contributed by atoms with van der Waals surface area (Å²) in [5.74, 6) is 2.23. The molecule has 0 unspecified atom stereocenters. The Balaban J connectivity index is 2.08. The lowest BCUT2D eigenvalue weighted by Gasteiger charge is -2.10. The van der Waals surface area contributed by atoms with Crippen molar-refractivity contribution in [2.45, 2.75) is 13.5 Å². The van der Waals surface area contributed by atoms with Crippen molar-refractivity contribution in [2.75, 3.05) is 21.3 Å². The summed E-state index contributed by atoms with van der Waals surface area (Å²) in [5, 5.41) is 4.41. The molecule has 2 aromatic rings. The Kier molecular flexibility index (Phi) is 5.86. The summed E-state index contributed by atoms with van der Waals surface area (Å²) in [5.41, 5.74) is 5.96. The Labute approximate surface area is 136 Å². The van der Waals surface area contributed by atoms with Gasteiger partial charge in [0.2, 0.25) is 0 Å². The highest BCUT2D eigenvalue weighted by Crippen LogP contribution is 2.27. The Morgan fingerprint density at radius 3 is 2.30 bits per heavy atom. The predicted molar refractivity (Wildman–Crippen MR) is 91.6 cm³/mol. The first-order valence-corrected chi connectivity index (χ1v) is 7.31. The van der Waals surface area contributed by atoms with Crippen LogP contribution in [-0.4, -0.2) is 27.0 Å². The number of benzene rings is 2. The first-order chi connectivity index (χ1) is 11.2. The molecule has 0 saturated heterocycles. The van der Waals surface area contributed by atoms with Crippen LogP contribution in [0.3, 0.4) is 0 Å². The van der Waals surface area contributed by atoms with Crippen LogP contribution < -0.4 is 19.6 Å². The predicted octanol–water partition coefficient (Wildman–Crippen LogP) is 3.23. The van der Waals surface area contributed by atoms with Crippen LogP contribution in [0.5, 0.6) is 17.2 Å². The Morgan fingerprint density at radius 1 is 0.913 bits per heavy atom. The number of nitrogens with zero attached hydrogens (tertiary/aromatic N) is 1. The van der Waals surface area contributed by atoms with Gasteiger partial charge in [0.25, 0.3) is 0 Å². The number of nitrogens with one attached hydrogen (secondary N) is 1. The van der Waals surface area contributed by atoms with Crippen LogP contribution in [0.2, 0.25) is 0 Å². The Morgan fingerprint density at radius 2 is 1.61 bits per heavy atom. The van der Waals surface area contributed by atoms with Crippen molar-refractivity contribution in [3.05, 3.63) is 53.6 Å². The van der Waals surface area contributed by atoms with E-state index in [0.717, 1.165) is 22.6 Å². The van der Waals surface area contributed by atoms with Crippen molar-refractivity contribution >= 4 is 5.71 Å². The zero-order chi connectivity index (χ0) is 16.7. The van der Waals surface area contributed by atoms with E-state index in [1.807, 2.05) is 49.4 Å². The van der Waals surface area contributed by atoms with Crippen molar-refractivity contribution in [1.82, 2.24) is 5.43 Å². The lowest BCUT2D eigenvalue weighted by atomic mass is 10.1. The van der Waals surface area contributed by atoms with E-state index in [1.165, 1.54) is 0 Å². The van der Waals surface area contributed by atoms with E-state index in [0.29, 0.717) is 18.0 Å². The number of ether oxygens (including phenoxy) is 3. The molecule has 0 atom stereocenters. The maximum Gasteiger partial charge on any atom is 0.161 e. The van der Waals surface area contributed by atoms with Crippen LogP contribution in [0.4, 0.5) is 0 Å². The van der Waals surface area contributed by atoms with E-state index in [9.17, 15) is 0 Å². The van der Waals surface area contributed by atoms with Gasteiger partial charge in [-0.05, 0) is 31.2 Å². The topological polar surface area (TPSA) is 52.1 Å². The van der Waals surface area contributed by atoms with Crippen LogP contribution in [0.15, 0.2) is 47.6 Å². The molecule has 0 bridgehead atoms. The van der Waals surface area contributed by atoms with Crippen LogP contribution in [0, 0.1) is 0 Å². The molecular weight excluding hydrogens is 292 g/mol. The number of hydrogen-bond donors (Lipinski definition) is 1. The van der Waals surface area contributed by atoms with Gasteiger partial charge in [-0.3, -0.25) is 0 Å². The number of hydrogen-bond acceptors (Lipinski definition) is 5. The van der Waals surface area contributed by atoms with Gasteiger partial charge in [0.1, 0.15) is 5.75 Å². The summed E-state index contributed by atoms with van der Waals surface area (Å²) in [6.45, 7) is 2.53. The SMILES string of the molecule is COc1ccccc1CN/N=C(\C)c1ccc(OC)c(OC)c1. The van der Waals surface area contributed by atoms with E-state index < -0.39 is 0 Å². The van der Waals surface area contributed by atoms with E-state index in [-0.39, 0.29) is 0 Å². The minimum Gasteiger partial charge on any atom is -0.496 e. The van der Waals surface area contributed by atoms with E-state index >= 15 is 0 Å². The van der Waals surface area contributed by atoms with Gasteiger partial charge in [-0.2, -0.15) is 5.10 Å². The monoisotopic (exact) mass is 314 g/mol. The molecule has 5 heteroatoms. The molecule has 23 heavy (non-hydrogen) atoms. The van der Waals surface area contributed by atoms with Gasteiger partial charge in [-0.15, -0.1) is 0 Å². The maximum absolute atomic E-state index is 5.32. The molecule has 0 spiro atoms. The third kappa shape index (κ3) is 4.16. The van der Waals surface area contributed by atoms with E-state index in [2.05, 4.69) is 10.5 Å². The molecule has 2 aromatic carbocycles. The highest BCUT2D eigenvalue weighted by molar-refractivity contribution is 5.99. The Hall–Kier alpha value is -2.69. The maximum atomic E-state index is 5.32. The van der Waals surface area contributed by atoms with Crippen LogP contribution in [0.25, 0.3) is 0 Å². The fraction of sp³-hybridized carbons (Fsp3) is 0.278. The average Bonchev–Trinajstić information content (AvgIpc) is 2.61. The molecule has 0 aliphatic rings. The van der Waals surface area contributed by atoms with Gasteiger partial charge in [0, 0.05) is 11.1 Å². The molecular formula is C18H22N2O3. The van der Waals surface area contributed by atoms with Gasteiger partial charge in [-0.25, -0.2) is 0 Å². The summed E-state index contributed by atoms with van der Waals surface area (Å²) in [4.78, 5) is 0. The second-order valence-electron chi connectivity index (χ2n) is 4.91. The second-order valence-corrected chi connectivity index (χ2v) is 4.91. The average molecular weight is 314 g/mol. The summed E-state index contributed by atoms with van der Waals surface area (Å²) >= 11 is 0. The van der Waals surface area contributed by atoms with Crippen molar-refractivity contribution in [2.24, 2.45) is 5.10 Å². The molecule has 1 N–H and O–H groups in total. The number of hydrazone groups is 1. The summed E-state index contributed by atoms with van der Waals surface area (Å²) < 4.78 is 15.9. The second kappa shape index (κ2) is 8.08. The number of methoxy groups -OCH3 is 3. The van der Waals surface area contributed by atoms with Gasteiger partial charge in [0.15, 0.2) is 11.5 Å². The van der Waals surface area contributed by atoms with Crippen molar-refractivity contribution in [1.29, 1.82) is 0 Å².